The SMILES string of the molecule is CC(C)c1cc(C(C)C)c(CC2(Cc3c(C(C)C)cc(C(C)C)cc3C(C)C)C[C@@H](CP(c3ccccc3)c3ccccc3)N(C(=O)C(C)(C)C)C2)c(C(C)C)c1. The van der Waals surface area contributed by atoms with Crippen molar-refractivity contribution >= 4 is 24.4 Å². The van der Waals surface area contributed by atoms with Crippen LogP contribution in [0.15, 0.2) is 84.9 Å². The van der Waals surface area contributed by atoms with E-state index in [9.17, 15) is 4.79 Å². The summed E-state index contributed by atoms with van der Waals surface area (Å²) in [6, 6.07) is 32.6. The Balaban J connectivity index is 1.79. The molecule has 3 heteroatoms. The van der Waals surface area contributed by atoms with Crippen LogP contribution in [0.2, 0.25) is 0 Å². The number of hydrogen-bond acceptors (Lipinski definition) is 1. The van der Waals surface area contributed by atoms with Gasteiger partial charge in [-0.2, -0.15) is 0 Å². The van der Waals surface area contributed by atoms with Crippen LogP contribution in [0.1, 0.15) is 190 Å². The van der Waals surface area contributed by atoms with Gasteiger partial charge in [-0.3, -0.25) is 4.79 Å². The van der Waals surface area contributed by atoms with Crippen molar-refractivity contribution in [3.05, 3.63) is 129 Å². The summed E-state index contributed by atoms with van der Waals surface area (Å²) in [6.45, 7) is 35.6. The molecule has 1 atom stereocenters. The third-order valence-electron chi connectivity index (χ3n) is 12.7. The van der Waals surface area contributed by atoms with Gasteiger partial charge >= 0.3 is 0 Å². The van der Waals surface area contributed by atoms with Gasteiger partial charge in [0.25, 0.3) is 0 Å². The molecular formula is C54H76NOP. The van der Waals surface area contributed by atoms with Gasteiger partial charge in [-0.1, -0.05) is 189 Å². The van der Waals surface area contributed by atoms with Crippen molar-refractivity contribution in [3.8, 4) is 0 Å². The molecular weight excluding hydrogens is 710 g/mol. The summed E-state index contributed by atoms with van der Waals surface area (Å²) >= 11 is 0. The Kier molecular flexibility index (Phi) is 14.5. The highest BCUT2D eigenvalue weighted by Gasteiger charge is 2.49. The second-order valence-corrected chi connectivity index (χ2v) is 22.7. The van der Waals surface area contributed by atoms with Crippen molar-refractivity contribution < 1.29 is 4.79 Å². The van der Waals surface area contributed by atoms with E-state index in [1.807, 2.05) is 0 Å². The zero-order valence-corrected chi connectivity index (χ0v) is 39.4. The van der Waals surface area contributed by atoms with Gasteiger partial charge in [0, 0.05) is 18.0 Å². The molecule has 2 nitrogen and oxygen atoms in total. The molecule has 0 N–H and O–H groups in total. The van der Waals surface area contributed by atoms with Crippen LogP contribution in [0.4, 0.5) is 0 Å². The highest BCUT2D eigenvalue weighted by Crippen LogP contribution is 2.50. The number of nitrogens with zero attached hydrogens (tertiary/aromatic N) is 1. The van der Waals surface area contributed by atoms with Crippen LogP contribution in [-0.4, -0.2) is 29.6 Å². The van der Waals surface area contributed by atoms with Gasteiger partial charge in [-0.05, 0) is 129 Å². The van der Waals surface area contributed by atoms with Crippen LogP contribution in [-0.2, 0) is 17.6 Å². The molecule has 1 heterocycles. The zero-order chi connectivity index (χ0) is 42.0. The number of carbonyl (C=O) groups excluding carboxylic acids is 1. The largest absolute Gasteiger partial charge is 0.338 e. The third-order valence-corrected chi connectivity index (χ3v) is 15.3. The molecule has 1 saturated heterocycles. The molecule has 57 heavy (non-hydrogen) atoms. The monoisotopic (exact) mass is 786 g/mol. The smallest absolute Gasteiger partial charge is 0.228 e. The van der Waals surface area contributed by atoms with Crippen LogP contribution in [0, 0.1) is 10.8 Å². The number of hydrogen-bond donors (Lipinski definition) is 0. The van der Waals surface area contributed by atoms with E-state index in [0.29, 0.717) is 35.5 Å². The Labute approximate surface area is 350 Å². The maximum Gasteiger partial charge on any atom is 0.228 e. The lowest BCUT2D eigenvalue weighted by molar-refractivity contribution is -0.140. The van der Waals surface area contributed by atoms with Crippen LogP contribution in [0.3, 0.4) is 0 Å². The van der Waals surface area contributed by atoms with Gasteiger partial charge < -0.3 is 4.90 Å². The molecule has 0 aliphatic carbocycles. The van der Waals surface area contributed by atoms with Gasteiger partial charge in [0.2, 0.25) is 5.91 Å². The van der Waals surface area contributed by atoms with Crippen LogP contribution in [0.5, 0.6) is 0 Å². The van der Waals surface area contributed by atoms with E-state index in [0.717, 1.165) is 32.0 Å². The average Bonchev–Trinajstić information content (AvgIpc) is 3.50. The van der Waals surface area contributed by atoms with Gasteiger partial charge in [0.05, 0.1) is 0 Å². The van der Waals surface area contributed by atoms with Crippen molar-refractivity contribution in [3.63, 3.8) is 0 Å². The van der Waals surface area contributed by atoms with Crippen LogP contribution < -0.4 is 10.6 Å². The summed E-state index contributed by atoms with van der Waals surface area (Å²) < 4.78 is 0. The van der Waals surface area contributed by atoms with E-state index in [1.54, 1.807) is 0 Å². The molecule has 0 radical (unpaired) electrons. The van der Waals surface area contributed by atoms with E-state index in [4.69, 9.17) is 0 Å². The summed E-state index contributed by atoms with van der Waals surface area (Å²) in [4.78, 5) is 17.4. The number of likely N-dealkylation sites (tertiary alicyclic amines) is 1. The van der Waals surface area contributed by atoms with E-state index in [1.165, 1.54) is 55.1 Å². The lowest BCUT2D eigenvalue weighted by Gasteiger charge is -2.36. The third kappa shape index (κ3) is 10.3. The predicted octanol–water partition coefficient (Wildman–Crippen LogP) is 14.0. The molecule has 0 aromatic heterocycles. The molecule has 1 amide bonds. The molecule has 0 saturated carbocycles. The average molecular weight is 786 g/mol. The maximum atomic E-state index is 15.0. The first kappa shape index (κ1) is 44.9. The normalized spacial score (nSPS) is 16.1. The quantitative estimate of drug-likeness (QED) is 0.117. The molecule has 1 aliphatic rings. The Morgan fingerprint density at radius 2 is 0.947 bits per heavy atom. The molecule has 0 spiro atoms. The molecule has 1 aliphatic heterocycles. The van der Waals surface area contributed by atoms with Crippen molar-refractivity contribution in [2.24, 2.45) is 10.8 Å². The van der Waals surface area contributed by atoms with Gasteiger partial charge in [-0.25, -0.2) is 0 Å². The zero-order valence-electron chi connectivity index (χ0n) is 38.5. The number of rotatable bonds is 14. The first-order chi connectivity index (χ1) is 26.7. The van der Waals surface area contributed by atoms with Gasteiger partial charge in [0.1, 0.15) is 0 Å². The van der Waals surface area contributed by atoms with E-state index < -0.39 is 13.3 Å². The second kappa shape index (κ2) is 18.4. The fourth-order valence-electron chi connectivity index (χ4n) is 9.47. The fourth-order valence-corrected chi connectivity index (χ4v) is 12.0. The topological polar surface area (TPSA) is 20.3 Å². The second-order valence-electron chi connectivity index (χ2n) is 20.5. The molecule has 1 fully saturated rings. The summed E-state index contributed by atoms with van der Waals surface area (Å²) in [6.07, 6.45) is 3.92. The van der Waals surface area contributed by atoms with Crippen molar-refractivity contribution in [1.29, 1.82) is 0 Å². The van der Waals surface area contributed by atoms with Crippen molar-refractivity contribution in [1.82, 2.24) is 4.90 Å². The Bertz CT molecular complexity index is 1770. The summed E-state index contributed by atoms with van der Waals surface area (Å²) in [5.41, 5.74) is 11.3. The maximum absolute atomic E-state index is 15.0. The standard InChI is InChI=1S/C54H76NOP/c1-35(2)41-26-46(37(5)6)50(47(27-41)38(7)8)31-54(32-51-48(39(9)10)28-42(36(3)4)29-49(51)40(11)12)30-43(55(34-54)52(56)53(13,14)15)33-57(44-22-18-16-19-23-44)45-24-20-17-21-25-45/h16-29,35-40,43H,30-34H2,1-15H3/t43-/m0/s1. The predicted molar refractivity (Wildman–Crippen MR) is 251 cm³/mol. The molecule has 308 valence electrons. The number of amides is 1. The van der Waals surface area contributed by atoms with Crippen LogP contribution in [0.25, 0.3) is 0 Å². The van der Waals surface area contributed by atoms with Crippen molar-refractivity contribution in [2.45, 2.75) is 165 Å². The highest BCUT2D eigenvalue weighted by atomic mass is 31.1. The molecule has 4 aromatic rings. The molecule has 4 aromatic carbocycles. The minimum Gasteiger partial charge on any atom is -0.338 e. The minimum absolute atomic E-state index is 0.128. The van der Waals surface area contributed by atoms with E-state index >= 15 is 0 Å². The van der Waals surface area contributed by atoms with E-state index in [2.05, 4.69) is 194 Å². The van der Waals surface area contributed by atoms with Crippen molar-refractivity contribution in [2.75, 3.05) is 12.7 Å². The Morgan fingerprint density at radius 3 is 1.25 bits per heavy atom. The summed E-state index contributed by atoms with van der Waals surface area (Å²) in [7, 11) is -0.692. The lowest BCUT2D eigenvalue weighted by atomic mass is 9.69. The Hall–Kier alpha value is -3.22. The first-order valence-electron chi connectivity index (χ1n) is 22.2. The Morgan fingerprint density at radius 1 is 0.596 bits per heavy atom. The molecule has 0 unspecified atom stereocenters. The van der Waals surface area contributed by atoms with Crippen LogP contribution >= 0.6 is 7.92 Å². The van der Waals surface area contributed by atoms with Gasteiger partial charge in [0.15, 0.2) is 0 Å². The minimum atomic E-state index is -0.692. The number of benzene rings is 4. The number of carbonyl (C=O) groups is 1. The highest BCUT2D eigenvalue weighted by molar-refractivity contribution is 7.73. The molecule has 0 bridgehead atoms. The summed E-state index contributed by atoms with van der Waals surface area (Å²) in [5, 5.41) is 2.78. The van der Waals surface area contributed by atoms with Gasteiger partial charge in [-0.15, -0.1) is 0 Å². The summed E-state index contributed by atoms with van der Waals surface area (Å²) in [5.74, 6) is 2.85. The fraction of sp³-hybridized carbons (Fsp3) is 0.537. The first-order valence-corrected chi connectivity index (χ1v) is 23.8. The lowest BCUT2D eigenvalue weighted by Crippen LogP contribution is -2.45. The van der Waals surface area contributed by atoms with E-state index in [-0.39, 0.29) is 17.4 Å². The molecule has 5 rings (SSSR count).